The first-order valence-corrected chi connectivity index (χ1v) is 6.59. The van der Waals surface area contributed by atoms with Gasteiger partial charge in [0.15, 0.2) is 0 Å². The molecule has 100 valence electrons. The fourth-order valence-corrected chi connectivity index (χ4v) is 2.45. The molecule has 5 heteroatoms. The first-order valence-electron chi connectivity index (χ1n) is 6.59. The highest BCUT2D eigenvalue weighted by Gasteiger charge is 2.19. The largest absolute Gasteiger partial charge is 0.346 e. The molecule has 1 fully saturated rings. The zero-order valence-electron chi connectivity index (χ0n) is 11.0. The predicted octanol–water partition coefficient (Wildman–Crippen LogP) is 0.962. The van der Waals surface area contributed by atoms with Gasteiger partial charge in [-0.05, 0) is 18.6 Å². The summed E-state index contributed by atoms with van der Waals surface area (Å²) in [6.45, 7) is 2.18. The van der Waals surface area contributed by atoms with Crippen molar-refractivity contribution in [1.82, 2.24) is 14.0 Å². The summed E-state index contributed by atoms with van der Waals surface area (Å²) >= 11 is 0. The van der Waals surface area contributed by atoms with E-state index in [1.54, 1.807) is 10.8 Å². The molecule has 0 saturated carbocycles. The van der Waals surface area contributed by atoms with E-state index in [0.29, 0.717) is 18.5 Å². The van der Waals surface area contributed by atoms with Crippen LogP contribution in [0.2, 0.25) is 0 Å². The average molecular weight is 259 g/mol. The molecule has 0 spiro atoms. The van der Waals surface area contributed by atoms with E-state index < -0.39 is 0 Å². The number of carbonyl (C=O) groups is 1. The van der Waals surface area contributed by atoms with E-state index in [1.165, 1.54) is 0 Å². The highest BCUT2D eigenvalue weighted by atomic mass is 16.2. The van der Waals surface area contributed by atoms with Crippen LogP contribution in [-0.4, -0.2) is 33.0 Å². The van der Waals surface area contributed by atoms with Gasteiger partial charge in [0.1, 0.15) is 5.52 Å². The minimum absolute atomic E-state index is 0.0265. The zero-order valence-corrected chi connectivity index (χ0v) is 11.0. The standard InChI is InChI=1S/C14H17N3O2/c1-15-8-3-11-4-9-17(14(19)13(11)15)10-5-12(18)16-6-2-7-16/h3-4,8-9H,2,5-7,10H2,1H3. The lowest BCUT2D eigenvalue weighted by atomic mass is 10.2. The molecule has 1 saturated heterocycles. The molecule has 1 aliphatic rings. The Labute approximate surface area is 111 Å². The van der Waals surface area contributed by atoms with Crippen LogP contribution in [0.3, 0.4) is 0 Å². The second kappa shape index (κ2) is 4.57. The first kappa shape index (κ1) is 12.0. The second-order valence-electron chi connectivity index (χ2n) is 5.03. The number of hydrogen-bond acceptors (Lipinski definition) is 2. The van der Waals surface area contributed by atoms with Gasteiger partial charge in [0, 0.05) is 50.9 Å². The highest BCUT2D eigenvalue weighted by molar-refractivity contribution is 5.79. The molecular formula is C14H17N3O2. The van der Waals surface area contributed by atoms with Gasteiger partial charge in [0.25, 0.3) is 5.56 Å². The maximum Gasteiger partial charge on any atom is 0.275 e. The topological polar surface area (TPSA) is 47.2 Å². The van der Waals surface area contributed by atoms with Gasteiger partial charge in [-0.1, -0.05) is 0 Å². The minimum Gasteiger partial charge on any atom is -0.346 e. The molecule has 1 aliphatic heterocycles. The summed E-state index contributed by atoms with van der Waals surface area (Å²) in [4.78, 5) is 25.9. The van der Waals surface area contributed by atoms with Crippen molar-refractivity contribution < 1.29 is 4.79 Å². The van der Waals surface area contributed by atoms with Crippen molar-refractivity contribution >= 4 is 16.8 Å². The van der Waals surface area contributed by atoms with Crippen LogP contribution in [0.1, 0.15) is 12.8 Å². The summed E-state index contributed by atoms with van der Waals surface area (Å²) in [5, 5.41) is 0.942. The summed E-state index contributed by atoms with van der Waals surface area (Å²) in [6.07, 6.45) is 5.15. The lowest BCUT2D eigenvalue weighted by Gasteiger charge is -2.30. The van der Waals surface area contributed by atoms with Crippen molar-refractivity contribution in [2.24, 2.45) is 7.05 Å². The lowest BCUT2D eigenvalue weighted by molar-refractivity contribution is -0.134. The first-order chi connectivity index (χ1) is 9.16. The number of nitrogens with zero attached hydrogens (tertiary/aromatic N) is 3. The molecule has 3 rings (SSSR count). The van der Waals surface area contributed by atoms with Gasteiger partial charge in [-0.15, -0.1) is 0 Å². The quantitative estimate of drug-likeness (QED) is 0.824. The number of rotatable bonds is 3. The smallest absolute Gasteiger partial charge is 0.275 e. The zero-order chi connectivity index (χ0) is 13.4. The number of fused-ring (bicyclic) bond motifs is 1. The third kappa shape index (κ3) is 2.05. The average Bonchev–Trinajstić information content (AvgIpc) is 2.69. The predicted molar refractivity (Wildman–Crippen MR) is 73.0 cm³/mol. The van der Waals surface area contributed by atoms with E-state index in [9.17, 15) is 9.59 Å². The molecule has 5 nitrogen and oxygen atoms in total. The Morgan fingerprint density at radius 2 is 2.00 bits per heavy atom. The normalized spacial score (nSPS) is 14.7. The number of carbonyl (C=O) groups excluding carboxylic acids is 1. The third-order valence-corrected chi connectivity index (χ3v) is 3.78. The lowest BCUT2D eigenvalue weighted by Crippen LogP contribution is -2.42. The molecule has 0 aromatic carbocycles. The fraction of sp³-hybridized carbons (Fsp3) is 0.429. The molecule has 2 aromatic heterocycles. The van der Waals surface area contributed by atoms with Crippen LogP contribution in [0.5, 0.6) is 0 Å². The van der Waals surface area contributed by atoms with Crippen LogP contribution in [-0.2, 0) is 18.4 Å². The molecule has 1 amide bonds. The van der Waals surface area contributed by atoms with Crippen LogP contribution in [0, 0.1) is 0 Å². The third-order valence-electron chi connectivity index (χ3n) is 3.78. The van der Waals surface area contributed by atoms with Crippen molar-refractivity contribution in [1.29, 1.82) is 0 Å². The minimum atomic E-state index is -0.0265. The summed E-state index contributed by atoms with van der Waals surface area (Å²) in [5.41, 5.74) is 0.667. The Hall–Kier alpha value is -2.04. The number of aromatic nitrogens is 2. The Morgan fingerprint density at radius 3 is 2.68 bits per heavy atom. The molecule has 0 N–H and O–H groups in total. The Morgan fingerprint density at radius 1 is 1.26 bits per heavy atom. The van der Waals surface area contributed by atoms with Crippen LogP contribution in [0.15, 0.2) is 29.3 Å². The highest BCUT2D eigenvalue weighted by Crippen LogP contribution is 2.11. The molecule has 0 atom stereocenters. The van der Waals surface area contributed by atoms with Crippen LogP contribution in [0.4, 0.5) is 0 Å². The van der Waals surface area contributed by atoms with Gasteiger partial charge in [-0.2, -0.15) is 0 Å². The summed E-state index contributed by atoms with van der Waals surface area (Å²) in [7, 11) is 1.86. The number of hydrogen-bond donors (Lipinski definition) is 0. The molecule has 19 heavy (non-hydrogen) atoms. The van der Waals surface area contributed by atoms with Gasteiger partial charge in [0.2, 0.25) is 5.91 Å². The second-order valence-corrected chi connectivity index (χ2v) is 5.03. The van der Waals surface area contributed by atoms with E-state index in [0.717, 1.165) is 24.9 Å². The molecule has 0 bridgehead atoms. The Bertz CT molecular complexity index is 680. The maximum absolute atomic E-state index is 12.3. The molecule has 3 heterocycles. The monoisotopic (exact) mass is 259 g/mol. The van der Waals surface area contributed by atoms with Crippen molar-refractivity contribution in [3.63, 3.8) is 0 Å². The molecule has 0 radical (unpaired) electrons. The van der Waals surface area contributed by atoms with Crippen LogP contribution in [0.25, 0.3) is 10.9 Å². The Kier molecular flexibility index (Phi) is 2.89. The van der Waals surface area contributed by atoms with Crippen molar-refractivity contribution in [2.75, 3.05) is 13.1 Å². The molecular weight excluding hydrogens is 242 g/mol. The van der Waals surface area contributed by atoms with E-state index in [2.05, 4.69) is 0 Å². The SMILES string of the molecule is Cn1ccc2ccn(CCC(=O)N3CCC3)c(=O)c21. The number of aryl methyl sites for hydroxylation is 2. The summed E-state index contributed by atoms with van der Waals surface area (Å²) in [6, 6.07) is 3.84. The number of likely N-dealkylation sites (tertiary alicyclic amines) is 1. The van der Waals surface area contributed by atoms with Gasteiger partial charge >= 0.3 is 0 Å². The Balaban J connectivity index is 1.81. The fourth-order valence-electron chi connectivity index (χ4n) is 2.45. The van der Waals surface area contributed by atoms with Gasteiger partial charge in [0.05, 0.1) is 0 Å². The van der Waals surface area contributed by atoms with Gasteiger partial charge in [-0.25, -0.2) is 0 Å². The molecule has 0 unspecified atom stereocenters. The number of amides is 1. The van der Waals surface area contributed by atoms with Crippen molar-refractivity contribution in [2.45, 2.75) is 19.4 Å². The van der Waals surface area contributed by atoms with Crippen LogP contribution < -0.4 is 5.56 Å². The van der Waals surface area contributed by atoms with Crippen LogP contribution >= 0.6 is 0 Å². The van der Waals surface area contributed by atoms with Crippen molar-refractivity contribution in [3.05, 3.63) is 34.9 Å². The van der Waals surface area contributed by atoms with E-state index in [1.807, 2.05) is 34.8 Å². The summed E-state index contributed by atoms with van der Waals surface area (Å²) in [5.74, 6) is 0.144. The van der Waals surface area contributed by atoms with Gasteiger partial charge < -0.3 is 14.0 Å². The molecule has 2 aromatic rings. The van der Waals surface area contributed by atoms with Gasteiger partial charge in [-0.3, -0.25) is 9.59 Å². The van der Waals surface area contributed by atoms with E-state index in [4.69, 9.17) is 0 Å². The summed E-state index contributed by atoms with van der Waals surface area (Å²) < 4.78 is 3.45. The van der Waals surface area contributed by atoms with E-state index >= 15 is 0 Å². The van der Waals surface area contributed by atoms with Crippen molar-refractivity contribution in [3.8, 4) is 0 Å². The molecule has 0 aliphatic carbocycles. The number of pyridine rings is 1. The maximum atomic E-state index is 12.3. The van der Waals surface area contributed by atoms with E-state index in [-0.39, 0.29) is 11.5 Å².